The Kier molecular flexibility index (Phi) is 2.27. The highest BCUT2D eigenvalue weighted by molar-refractivity contribution is 9.09. The minimum Gasteiger partial charge on any atom is -0.0925 e. The summed E-state index contributed by atoms with van der Waals surface area (Å²) in [7, 11) is 0. The molecule has 0 amide bonds. The molecule has 2 rings (SSSR count). The first-order valence-electron chi connectivity index (χ1n) is 5.25. The zero-order valence-corrected chi connectivity index (χ0v) is 9.73. The predicted molar refractivity (Wildman–Crippen MR) is 56.5 cm³/mol. The van der Waals surface area contributed by atoms with Gasteiger partial charge in [-0.25, -0.2) is 0 Å². The molecule has 2 saturated carbocycles. The van der Waals surface area contributed by atoms with Crippen LogP contribution in [0.4, 0.5) is 0 Å². The van der Waals surface area contributed by atoms with Crippen molar-refractivity contribution in [3.8, 4) is 0 Å². The van der Waals surface area contributed by atoms with Crippen LogP contribution in [0.25, 0.3) is 0 Å². The average molecular weight is 231 g/mol. The van der Waals surface area contributed by atoms with Gasteiger partial charge in [-0.3, -0.25) is 0 Å². The maximum Gasteiger partial charge on any atom is 0.00652 e. The van der Waals surface area contributed by atoms with E-state index >= 15 is 0 Å². The van der Waals surface area contributed by atoms with Gasteiger partial charge in [-0.15, -0.1) is 0 Å². The van der Waals surface area contributed by atoms with Crippen molar-refractivity contribution in [3.05, 3.63) is 0 Å². The summed E-state index contributed by atoms with van der Waals surface area (Å²) >= 11 is 3.63. The standard InChI is InChI=1S/C11H19Br/c1-8-3-4-9(2)11(5-8)6-10(11)7-12/h8-10H,3-7H2,1-2H3. The molecule has 0 aromatic heterocycles. The van der Waals surface area contributed by atoms with Crippen molar-refractivity contribution < 1.29 is 0 Å². The first-order valence-corrected chi connectivity index (χ1v) is 6.37. The lowest BCUT2D eigenvalue weighted by Crippen LogP contribution is -2.25. The largest absolute Gasteiger partial charge is 0.0925 e. The van der Waals surface area contributed by atoms with Gasteiger partial charge in [0.2, 0.25) is 0 Å². The monoisotopic (exact) mass is 230 g/mol. The molecular formula is C11H19Br. The Morgan fingerprint density at radius 3 is 2.58 bits per heavy atom. The van der Waals surface area contributed by atoms with Crippen molar-refractivity contribution in [2.45, 2.75) is 39.5 Å². The SMILES string of the molecule is CC1CCC(C)C2(C1)CC2CBr. The average Bonchev–Trinajstić information content (AvgIpc) is 2.73. The normalized spacial score (nSPS) is 52.8. The number of hydrogen-bond acceptors (Lipinski definition) is 0. The molecule has 0 N–H and O–H groups in total. The molecule has 0 radical (unpaired) electrons. The molecular weight excluding hydrogens is 212 g/mol. The van der Waals surface area contributed by atoms with Gasteiger partial charge in [0.25, 0.3) is 0 Å². The fraction of sp³-hybridized carbons (Fsp3) is 1.00. The minimum absolute atomic E-state index is 0.779. The van der Waals surface area contributed by atoms with E-state index in [2.05, 4.69) is 29.8 Å². The molecule has 1 heteroatoms. The topological polar surface area (TPSA) is 0 Å². The Morgan fingerprint density at radius 2 is 2.00 bits per heavy atom. The van der Waals surface area contributed by atoms with Gasteiger partial charge in [-0.2, -0.15) is 0 Å². The van der Waals surface area contributed by atoms with E-state index in [-0.39, 0.29) is 0 Å². The van der Waals surface area contributed by atoms with Crippen LogP contribution in [0.2, 0.25) is 0 Å². The van der Waals surface area contributed by atoms with Gasteiger partial charge in [0, 0.05) is 5.33 Å². The summed E-state index contributed by atoms with van der Waals surface area (Å²) in [6.07, 6.45) is 5.96. The second-order valence-electron chi connectivity index (χ2n) is 5.08. The van der Waals surface area contributed by atoms with E-state index in [1.54, 1.807) is 0 Å². The van der Waals surface area contributed by atoms with Gasteiger partial charge in [-0.1, -0.05) is 36.2 Å². The molecule has 0 aromatic carbocycles. The van der Waals surface area contributed by atoms with Crippen LogP contribution in [0.1, 0.15) is 39.5 Å². The van der Waals surface area contributed by atoms with Gasteiger partial charge in [-0.05, 0) is 42.4 Å². The highest BCUT2D eigenvalue weighted by Crippen LogP contribution is 2.65. The zero-order chi connectivity index (χ0) is 8.77. The van der Waals surface area contributed by atoms with Gasteiger partial charge in [0.05, 0.1) is 0 Å². The van der Waals surface area contributed by atoms with E-state index in [4.69, 9.17) is 0 Å². The second-order valence-corrected chi connectivity index (χ2v) is 5.72. The molecule has 4 unspecified atom stereocenters. The van der Waals surface area contributed by atoms with Crippen LogP contribution in [-0.2, 0) is 0 Å². The Balaban J connectivity index is 2.04. The van der Waals surface area contributed by atoms with Crippen LogP contribution in [0.5, 0.6) is 0 Å². The van der Waals surface area contributed by atoms with Crippen molar-refractivity contribution in [1.82, 2.24) is 0 Å². The molecule has 2 aliphatic rings. The Hall–Kier alpha value is 0.480. The summed E-state index contributed by atoms with van der Waals surface area (Å²) in [5, 5.41) is 1.24. The summed E-state index contributed by atoms with van der Waals surface area (Å²) in [6, 6.07) is 0. The van der Waals surface area contributed by atoms with Crippen molar-refractivity contribution in [2.24, 2.45) is 23.2 Å². The highest BCUT2D eigenvalue weighted by atomic mass is 79.9. The quantitative estimate of drug-likeness (QED) is 0.601. The van der Waals surface area contributed by atoms with Crippen LogP contribution in [-0.4, -0.2) is 5.33 Å². The molecule has 2 fully saturated rings. The molecule has 0 heterocycles. The van der Waals surface area contributed by atoms with Crippen LogP contribution < -0.4 is 0 Å². The lowest BCUT2D eigenvalue weighted by molar-refractivity contribution is 0.168. The zero-order valence-electron chi connectivity index (χ0n) is 8.15. The smallest absolute Gasteiger partial charge is 0.00652 e. The summed E-state index contributed by atoms with van der Waals surface area (Å²) in [4.78, 5) is 0. The number of hydrogen-bond donors (Lipinski definition) is 0. The highest BCUT2D eigenvalue weighted by Gasteiger charge is 2.57. The lowest BCUT2D eigenvalue weighted by Gasteiger charge is -2.34. The molecule has 0 bridgehead atoms. The fourth-order valence-electron chi connectivity index (χ4n) is 3.24. The van der Waals surface area contributed by atoms with Crippen molar-refractivity contribution in [1.29, 1.82) is 0 Å². The molecule has 0 aliphatic heterocycles. The molecule has 0 nitrogen and oxygen atoms in total. The van der Waals surface area contributed by atoms with E-state index in [1.165, 1.54) is 31.0 Å². The Morgan fingerprint density at radius 1 is 1.25 bits per heavy atom. The maximum absolute atomic E-state index is 3.63. The van der Waals surface area contributed by atoms with Gasteiger partial charge >= 0.3 is 0 Å². The summed E-state index contributed by atoms with van der Waals surface area (Å²) in [6.45, 7) is 4.89. The fourth-order valence-corrected chi connectivity index (χ4v) is 4.11. The molecule has 2 aliphatic carbocycles. The summed E-state index contributed by atoms with van der Waals surface area (Å²) in [5.74, 6) is 3.00. The van der Waals surface area contributed by atoms with Crippen molar-refractivity contribution in [2.75, 3.05) is 5.33 Å². The second kappa shape index (κ2) is 3.01. The van der Waals surface area contributed by atoms with Gasteiger partial charge in [0.1, 0.15) is 0 Å². The number of halogens is 1. The molecule has 70 valence electrons. The van der Waals surface area contributed by atoms with Crippen molar-refractivity contribution in [3.63, 3.8) is 0 Å². The van der Waals surface area contributed by atoms with Gasteiger partial charge in [0.15, 0.2) is 0 Å². The van der Waals surface area contributed by atoms with E-state index < -0.39 is 0 Å². The Bertz CT molecular complexity index is 178. The first kappa shape index (κ1) is 9.05. The van der Waals surface area contributed by atoms with E-state index in [0.29, 0.717) is 0 Å². The first-order chi connectivity index (χ1) is 5.69. The molecule has 4 atom stereocenters. The Labute approximate surface area is 84.2 Å². The minimum atomic E-state index is 0.779. The molecule has 0 saturated heterocycles. The third-order valence-corrected chi connectivity index (χ3v) is 5.05. The lowest BCUT2D eigenvalue weighted by atomic mass is 9.72. The number of rotatable bonds is 1. The van der Waals surface area contributed by atoms with E-state index in [9.17, 15) is 0 Å². The van der Waals surface area contributed by atoms with Crippen LogP contribution >= 0.6 is 15.9 Å². The third-order valence-electron chi connectivity index (χ3n) is 4.27. The molecule has 12 heavy (non-hydrogen) atoms. The van der Waals surface area contributed by atoms with Crippen molar-refractivity contribution >= 4 is 15.9 Å². The van der Waals surface area contributed by atoms with Crippen LogP contribution in [0, 0.1) is 23.2 Å². The van der Waals surface area contributed by atoms with E-state index in [0.717, 1.165) is 23.2 Å². The van der Waals surface area contributed by atoms with Crippen LogP contribution in [0.3, 0.4) is 0 Å². The predicted octanol–water partition coefficient (Wildman–Crippen LogP) is 3.84. The maximum atomic E-state index is 3.63. The molecule has 1 spiro atoms. The number of alkyl halides is 1. The summed E-state index contributed by atoms with van der Waals surface area (Å²) in [5.41, 5.74) is 0.779. The third kappa shape index (κ3) is 1.25. The van der Waals surface area contributed by atoms with Gasteiger partial charge < -0.3 is 0 Å². The van der Waals surface area contributed by atoms with E-state index in [1.807, 2.05) is 0 Å². The summed E-state index contributed by atoms with van der Waals surface area (Å²) < 4.78 is 0. The van der Waals surface area contributed by atoms with Crippen LogP contribution in [0.15, 0.2) is 0 Å². The molecule has 0 aromatic rings.